The second kappa shape index (κ2) is 7.30. The zero-order valence-electron chi connectivity index (χ0n) is 13.9. The summed E-state index contributed by atoms with van der Waals surface area (Å²) in [6.07, 6.45) is 1.26. The number of carbonyl (C=O) groups excluding carboxylic acids is 2. The first kappa shape index (κ1) is 16.2. The van der Waals surface area contributed by atoms with E-state index in [2.05, 4.69) is 12.2 Å². The average Bonchev–Trinajstić information content (AvgIpc) is 2.97. The molecule has 3 rings (SSSR count). The van der Waals surface area contributed by atoms with Crippen molar-refractivity contribution in [2.24, 2.45) is 5.92 Å². The van der Waals surface area contributed by atoms with Gasteiger partial charge in [-0.25, -0.2) is 0 Å². The van der Waals surface area contributed by atoms with E-state index in [-0.39, 0.29) is 24.2 Å². The number of anilines is 1. The lowest BCUT2D eigenvalue weighted by atomic mass is 10.1. The number of rotatable bonds is 5. The Bertz CT molecular complexity index is 710. The molecule has 0 unspecified atom stereocenters. The molecule has 124 valence electrons. The molecule has 1 aliphatic heterocycles. The van der Waals surface area contributed by atoms with Gasteiger partial charge in [-0.05, 0) is 29.7 Å². The summed E-state index contributed by atoms with van der Waals surface area (Å²) in [4.78, 5) is 26.4. The smallest absolute Gasteiger partial charge is 0.229 e. The molecule has 4 heteroatoms. The fourth-order valence-electron chi connectivity index (χ4n) is 2.97. The highest BCUT2D eigenvalue weighted by Gasteiger charge is 2.34. The van der Waals surface area contributed by atoms with Crippen molar-refractivity contribution in [3.63, 3.8) is 0 Å². The molecule has 0 aromatic heterocycles. The summed E-state index contributed by atoms with van der Waals surface area (Å²) >= 11 is 0. The van der Waals surface area contributed by atoms with Gasteiger partial charge in [0, 0.05) is 25.2 Å². The van der Waals surface area contributed by atoms with Gasteiger partial charge in [-0.15, -0.1) is 0 Å². The van der Waals surface area contributed by atoms with Gasteiger partial charge in [-0.1, -0.05) is 49.4 Å². The van der Waals surface area contributed by atoms with Crippen LogP contribution < -0.4 is 5.32 Å². The van der Waals surface area contributed by atoms with E-state index < -0.39 is 0 Å². The number of amides is 2. The highest BCUT2D eigenvalue weighted by Crippen LogP contribution is 2.22. The molecular formula is C20H22N2O2. The normalized spacial score (nSPS) is 17.1. The van der Waals surface area contributed by atoms with Crippen LogP contribution in [0.15, 0.2) is 54.6 Å². The highest BCUT2D eigenvalue weighted by atomic mass is 16.2. The molecule has 1 N–H and O–H groups in total. The maximum Gasteiger partial charge on any atom is 0.229 e. The number of hydrogen-bond acceptors (Lipinski definition) is 2. The molecule has 1 fully saturated rings. The molecule has 1 atom stereocenters. The van der Waals surface area contributed by atoms with Crippen molar-refractivity contribution in [3.05, 3.63) is 65.7 Å². The summed E-state index contributed by atoms with van der Waals surface area (Å²) in [6, 6.07) is 17.7. The lowest BCUT2D eigenvalue weighted by molar-refractivity contribution is -0.128. The van der Waals surface area contributed by atoms with Crippen LogP contribution in [0.3, 0.4) is 0 Å². The van der Waals surface area contributed by atoms with Gasteiger partial charge in [0.15, 0.2) is 0 Å². The maximum atomic E-state index is 12.4. The summed E-state index contributed by atoms with van der Waals surface area (Å²) in [5.74, 6) is -0.324. The van der Waals surface area contributed by atoms with Gasteiger partial charge in [0.05, 0.1) is 5.92 Å². The Morgan fingerprint density at radius 1 is 1.08 bits per heavy atom. The van der Waals surface area contributed by atoms with E-state index in [1.165, 1.54) is 5.56 Å². The van der Waals surface area contributed by atoms with Crippen molar-refractivity contribution in [3.8, 4) is 0 Å². The first-order valence-electron chi connectivity index (χ1n) is 8.37. The van der Waals surface area contributed by atoms with Crippen molar-refractivity contribution in [1.29, 1.82) is 0 Å². The molecule has 1 heterocycles. The quantitative estimate of drug-likeness (QED) is 0.919. The highest BCUT2D eigenvalue weighted by molar-refractivity contribution is 5.97. The largest absolute Gasteiger partial charge is 0.338 e. The van der Waals surface area contributed by atoms with Crippen LogP contribution in [-0.4, -0.2) is 23.3 Å². The minimum Gasteiger partial charge on any atom is -0.338 e. The van der Waals surface area contributed by atoms with Gasteiger partial charge >= 0.3 is 0 Å². The molecule has 1 saturated heterocycles. The van der Waals surface area contributed by atoms with Gasteiger partial charge in [-0.3, -0.25) is 9.59 Å². The third-order valence-corrected chi connectivity index (χ3v) is 4.43. The van der Waals surface area contributed by atoms with E-state index in [9.17, 15) is 9.59 Å². The lowest BCUT2D eigenvalue weighted by Gasteiger charge is -2.16. The summed E-state index contributed by atoms with van der Waals surface area (Å²) in [5, 5.41) is 2.92. The second-order valence-electron chi connectivity index (χ2n) is 6.20. The summed E-state index contributed by atoms with van der Waals surface area (Å²) < 4.78 is 0. The van der Waals surface area contributed by atoms with E-state index in [1.807, 2.05) is 54.6 Å². The standard InChI is InChI=1S/C20H22N2O2/c1-2-15-8-10-18(11-9-15)21-20(24)17-12-19(23)22(14-17)13-16-6-4-3-5-7-16/h3-11,17H,2,12-14H2,1H3,(H,21,24)/t17-/m0/s1. The van der Waals surface area contributed by atoms with Crippen LogP contribution in [0.1, 0.15) is 24.5 Å². The van der Waals surface area contributed by atoms with Crippen molar-refractivity contribution in [2.75, 3.05) is 11.9 Å². The molecule has 0 bridgehead atoms. The number of likely N-dealkylation sites (tertiary alicyclic amines) is 1. The van der Waals surface area contributed by atoms with Crippen LogP contribution in [0.5, 0.6) is 0 Å². The molecule has 1 aliphatic rings. The Labute approximate surface area is 142 Å². The molecule has 2 amide bonds. The molecule has 24 heavy (non-hydrogen) atoms. The first-order valence-corrected chi connectivity index (χ1v) is 8.37. The van der Waals surface area contributed by atoms with Gasteiger partial charge in [-0.2, -0.15) is 0 Å². The molecule has 0 radical (unpaired) electrons. The van der Waals surface area contributed by atoms with E-state index in [1.54, 1.807) is 4.90 Å². The van der Waals surface area contributed by atoms with E-state index in [0.717, 1.165) is 17.7 Å². The Hall–Kier alpha value is -2.62. The summed E-state index contributed by atoms with van der Waals surface area (Å²) in [6.45, 7) is 3.14. The van der Waals surface area contributed by atoms with Crippen LogP contribution in [-0.2, 0) is 22.6 Å². The molecule has 4 nitrogen and oxygen atoms in total. The minimum atomic E-state index is -0.285. The molecule has 0 saturated carbocycles. The molecular weight excluding hydrogens is 300 g/mol. The monoisotopic (exact) mass is 322 g/mol. The van der Waals surface area contributed by atoms with E-state index >= 15 is 0 Å². The Morgan fingerprint density at radius 3 is 2.46 bits per heavy atom. The number of nitrogens with zero attached hydrogens (tertiary/aromatic N) is 1. The zero-order chi connectivity index (χ0) is 16.9. The third kappa shape index (κ3) is 3.82. The number of benzene rings is 2. The first-order chi connectivity index (χ1) is 11.7. The Morgan fingerprint density at radius 2 is 1.79 bits per heavy atom. The van der Waals surface area contributed by atoms with Gasteiger partial charge in [0.1, 0.15) is 0 Å². The summed E-state index contributed by atoms with van der Waals surface area (Å²) in [7, 11) is 0. The molecule has 0 aliphatic carbocycles. The van der Waals surface area contributed by atoms with Gasteiger partial charge in [0.2, 0.25) is 11.8 Å². The van der Waals surface area contributed by atoms with Crippen LogP contribution in [0.25, 0.3) is 0 Å². The maximum absolute atomic E-state index is 12.4. The lowest BCUT2D eigenvalue weighted by Crippen LogP contribution is -2.28. The number of hydrogen-bond donors (Lipinski definition) is 1. The van der Waals surface area contributed by atoms with E-state index in [4.69, 9.17) is 0 Å². The SMILES string of the molecule is CCc1ccc(NC(=O)[C@H]2CC(=O)N(Cc3ccccc3)C2)cc1. The Balaban J connectivity index is 1.59. The molecule has 2 aromatic rings. The van der Waals surface area contributed by atoms with Crippen molar-refractivity contribution in [1.82, 2.24) is 4.90 Å². The van der Waals surface area contributed by atoms with Crippen LogP contribution >= 0.6 is 0 Å². The fraction of sp³-hybridized carbons (Fsp3) is 0.300. The zero-order valence-corrected chi connectivity index (χ0v) is 13.9. The van der Waals surface area contributed by atoms with Gasteiger partial charge < -0.3 is 10.2 Å². The number of aryl methyl sites for hydroxylation is 1. The van der Waals surface area contributed by atoms with Crippen molar-refractivity contribution in [2.45, 2.75) is 26.3 Å². The molecule has 0 spiro atoms. The predicted octanol–water partition coefficient (Wildman–Crippen LogP) is 3.24. The van der Waals surface area contributed by atoms with Crippen molar-refractivity contribution < 1.29 is 9.59 Å². The van der Waals surface area contributed by atoms with Crippen molar-refractivity contribution >= 4 is 17.5 Å². The van der Waals surface area contributed by atoms with Crippen LogP contribution in [0.4, 0.5) is 5.69 Å². The number of nitrogens with one attached hydrogen (secondary N) is 1. The fourth-order valence-corrected chi connectivity index (χ4v) is 2.97. The summed E-state index contributed by atoms with van der Waals surface area (Å²) in [5.41, 5.74) is 3.10. The Kier molecular flexibility index (Phi) is 4.94. The third-order valence-electron chi connectivity index (χ3n) is 4.43. The van der Waals surface area contributed by atoms with E-state index in [0.29, 0.717) is 13.1 Å². The molecule has 2 aromatic carbocycles. The minimum absolute atomic E-state index is 0.0420. The topological polar surface area (TPSA) is 49.4 Å². The van der Waals surface area contributed by atoms with Crippen LogP contribution in [0, 0.1) is 5.92 Å². The average molecular weight is 322 g/mol. The number of carbonyl (C=O) groups is 2. The van der Waals surface area contributed by atoms with Gasteiger partial charge in [0.25, 0.3) is 0 Å². The predicted molar refractivity (Wildman–Crippen MR) is 94.4 cm³/mol. The second-order valence-corrected chi connectivity index (χ2v) is 6.20. The van der Waals surface area contributed by atoms with Crippen LogP contribution in [0.2, 0.25) is 0 Å².